The number of anilines is 1. The number of carbonyl (C=O) groups excluding carboxylic acids is 1. The van der Waals surface area contributed by atoms with E-state index in [0.717, 1.165) is 64.3 Å². The molecule has 1 unspecified atom stereocenters. The molecule has 4 heteroatoms. The highest BCUT2D eigenvalue weighted by Crippen LogP contribution is 2.47. The standard InChI is InChI=1S/C33H41NO3/c1-19-12-13-26(17-20(19)2)31-21(3)30(27-14-15-28-25(18-27)11-10-16-36-28)29(23(5)37-33(7,8)9)22(4)32(31)34-24(6)35/h12-15,17-18,23H,10-11,16H2,1-9H3,(H,34,35). The molecule has 1 aliphatic heterocycles. The van der Waals surface area contributed by atoms with Crippen LogP contribution in [0.2, 0.25) is 0 Å². The van der Waals surface area contributed by atoms with Crippen LogP contribution in [-0.2, 0) is 16.0 Å². The van der Waals surface area contributed by atoms with Crippen LogP contribution in [0.3, 0.4) is 0 Å². The summed E-state index contributed by atoms with van der Waals surface area (Å²) in [5.74, 6) is 0.899. The van der Waals surface area contributed by atoms with Crippen molar-refractivity contribution in [3.05, 3.63) is 69.8 Å². The van der Waals surface area contributed by atoms with Gasteiger partial charge in [-0.25, -0.2) is 0 Å². The summed E-state index contributed by atoms with van der Waals surface area (Å²) >= 11 is 0. The summed E-state index contributed by atoms with van der Waals surface area (Å²) in [6.45, 7) is 19.3. The van der Waals surface area contributed by atoms with Gasteiger partial charge in [0.15, 0.2) is 0 Å². The summed E-state index contributed by atoms with van der Waals surface area (Å²) in [6, 6.07) is 13.1. The summed E-state index contributed by atoms with van der Waals surface area (Å²) in [5.41, 5.74) is 12.0. The van der Waals surface area contributed by atoms with Gasteiger partial charge in [-0.3, -0.25) is 4.79 Å². The fraction of sp³-hybridized carbons (Fsp3) is 0.424. The molecule has 4 rings (SSSR count). The Balaban J connectivity index is 2.08. The second-order valence-electron chi connectivity index (χ2n) is 11.4. The zero-order chi connectivity index (χ0) is 27.1. The molecular weight excluding hydrogens is 458 g/mol. The van der Waals surface area contributed by atoms with E-state index in [1.165, 1.54) is 22.3 Å². The molecule has 3 aromatic rings. The molecule has 0 saturated heterocycles. The third-order valence-corrected chi connectivity index (χ3v) is 7.28. The first-order valence-corrected chi connectivity index (χ1v) is 13.3. The Morgan fingerprint density at radius 2 is 1.62 bits per heavy atom. The zero-order valence-electron chi connectivity index (χ0n) is 23.9. The van der Waals surface area contributed by atoms with Gasteiger partial charge in [-0.05, 0) is 130 Å². The maximum absolute atomic E-state index is 12.5. The van der Waals surface area contributed by atoms with Crippen molar-refractivity contribution in [1.82, 2.24) is 0 Å². The van der Waals surface area contributed by atoms with Crippen LogP contribution in [0, 0.1) is 27.7 Å². The lowest BCUT2D eigenvalue weighted by Gasteiger charge is -2.31. The fourth-order valence-electron chi connectivity index (χ4n) is 5.60. The Kier molecular flexibility index (Phi) is 7.52. The van der Waals surface area contributed by atoms with Crippen LogP contribution in [0.25, 0.3) is 22.3 Å². The van der Waals surface area contributed by atoms with Gasteiger partial charge < -0.3 is 14.8 Å². The van der Waals surface area contributed by atoms with Crippen molar-refractivity contribution in [2.75, 3.05) is 11.9 Å². The molecule has 0 radical (unpaired) electrons. The van der Waals surface area contributed by atoms with E-state index in [1.807, 2.05) is 0 Å². The second kappa shape index (κ2) is 10.3. The summed E-state index contributed by atoms with van der Waals surface area (Å²) in [4.78, 5) is 12.5. The molecule has 4 nitrogen and oxygen atoms in total. The van der Waals surface area contributed by atoms with Gasteiger partial charge in [-0.15, -0.1) is 0 Å². The third kappa shape index (κ3) is 5.60. The molecule has 0 fully saturated rings. The van der Waals surface area contributed by atoms with Crippen LogP contribution in [0.15, 0.2) is 36.4 Å². The number of amides is 1. The fourth-order valence-corrected chi connectivity index (χ4v) is 5.60. The lowest BCUT2D eigenvalue weighted by molar-refractivity contribution is -0.114. The molecule has 37 heavy (non-hydrogen) atoms. The molecule has 0 aromatic heterocycles. The van der Waals surface area contributed by atoms with Gasteiger partial charge in [0.05, 0.1) is 24.0 Å². The van der Waals surface area contributed by atoms with E-state index in [4.69, 9.17) is 9.47 Å². The molecule has 1 aliphatic rings. The first-order valence-electron chi connectivity index (χ1n) is 13.3. The average molecular weight is 500 g/mol. The molecule has 0 aliphatic carbocycles. The molecule has 1 N–H and O–H groups in total. The lowest BCUT2D eigenvalue weighted by Crippen LogP contribution is -2.23. The molecule has 0 bridgehead atoms. The minimum Gasteiger partial charge on any atom is -0.493 e. The van der Waals surface area contributed by atoms with Gasteiger partial charge in [0.1, 0.15) is 5.75 Å². The number of benzene rings is 3. The largest absolute Gasteiger partial charge is 0.493 e. The number of fused-ring (bicyclic) bond motifs is 1. The second-order valence-corrected chi connectivity index (χ2v) is 11.4. The summed E-state index contributed by atoms with van der Waals surface area (Å²) < 4.78 is 12.5. The Hall–Kier alpha value is -3.11. The van der Waals surface area contributed by atoms with E-state index >= 15 is 0 Å². The Bertz CT molecular complexity index is 1350. The smallest absolute Gasteiger partial charge is 0.221 e. The minimum atomic E-state index is -0.318. The number of carbonyl (C=O) groups is 1. The van der Waals surface area contributed by atoms with Gasteiger partial charge in [0.25, 0.3) is 0 Å². The summed E-state index contributed by atoms with van der Waals surface area (Å²) in [7, 11) is 0. The first-order chi connectivity index (χ1) is 17.4. The van der Waals surface area contributed by atoms with Crippen LogP contribution in [0.4, 0.5) is 5.69 Å². The molecule has 0 saturated carbocycles. The van der Waals surface area contributed by atoms with Crippen LogP contribution < -0.4 is 10.1 Å². The van der Waals surface area contributed by atoms with Crippen LogP contribution in [0.5, 0.6) is 5.75 Å². The minimum absolute atomic E-state index is 0.0818. The van der Waals surface area contributed by atoms with Crippen molar-refractivity contribution in [1.29, 1.82) is 0 Å². The van der Waals surface area contributed by atoms with Gasteiger partial charge >= 0.3 is 0 Å². The van der Waals surface area contributed by atoms with Crippen molar-refractivity contribution in [2.24, 2.45) is 0 Å². The van der Waals surface area contributed by atoms with E-state index in [-0.39, 0.29) is 17.6 Å². The number of rotatable bonds is 5. The highest BCUT2D eigenvalue weighted by molar-refractivity contribution is 5.99. The van der Waals surface area contributed by atoms with Crippen molar-refractivity contribution in [2.45, 2.75) is 86.9 Å². The molecule has 0 spiro atoms. The molecule has 196 valence electrons. The third-order valence-electron chi connectivity index (χ3n) is 7.28. The molecule has 3 aromatic carbocycles. The van der Waals surface area contributed by atoms with E-state index in [0.29, 0.717) is 0 Å². The Morgan fingerprint density at radius 3 is 2.27 bits per heavy atom. The zero-order valence-corrected chi connectivity index (χ0v) is 23.9. The number of ether oxygens (including phenoxy) is 2. The van der Waals surface area contributed by atoms with Gasteiger partial charge in [-0.1, -0.05) is 24.3 Å². The molecule has 1 heterocycles. The van der Waals surface area contributed by atoms with Crippen molar-refractivity contribution in [3.8, 4) is 28.0 Å². The van der Waals surface area contributed by atoms with E-state index in [2.05, 4.69) is 97.1 Å². The van der Waals surface area contributed by atoms with Crippen LogP contribution in [-0.4, -0.2) is 18.1 Å². The Labute approximate surface area is 222 Å². The van der Waals surface area contributed by atoms with E-state index in [9.17, 15) is 4.79 Å². The van der Waals surface area contributed by atoms with Gasteiger partial charge in [0, 0.05) is 12.5 Å². The average Bonchev–Trinajstić information content (AvgIpc) is 2.81. The molecule has 1 amide bonds. The molecule has 1 atom stereocenters. The maximum Gasteiger partial charge on any atom is 0.221 e. The maximum atomic E-state index is 12.5. The number of nitrogens with one attached hydrogen (secondary N) is 1. The highest BCUT2D eigenvalue weighted by atomic mass is 16.5. The monoisotopic (exact) mass is 499 g/mol. The number of hydrogen-bond acceptors (Lipinski definition) is 3. The quantitative estimate of drug-likeness (QED) is 0.383. The lowest BCUT2D eigenvalue weighted by atomic mass is 9.81. The van der Waals surface area contributed by atoms with Crippen molar-refractivity contribution in [3.63, 3.8) is 0 Å². The SMILES string of the molecule is CC(=O)Nc1c(C)c(C(C)OC(C)(C)C)c(-c2ccc3c(c2)CCCO3)c(C)c1-c1ccc(C)c(C)c1. The number of hydrogen-bond donors (Lipinski definition) is 1. The molecular formula is C33H41NO3. The number of aryl methyl sites for hydroxylation is 3. The predicted octanol–water partition coefficient (Wildman–Crippen LogP) is 8.41. The van der Waals surface area contributed by atoms with E-state index < -0.39 is 0 Å². The van der Waals surface area contributed by atoms with Crippen LogP contribution in [0.1, 0.15) is 80.5 Å². The summed E-state index contributed by atoms with van der Waals surface area (Å²) in [5, 5.41) is 3.19. The Morgan fingerprint density at radius 1 is 0.946 bits per heavy atom. The van der Waals surface area contributed by atoms with Gasteiger partial charge in [-0.2, -0.15) is 0 Å². The topological polar surface area (TPSA) is 47.6 Å². The van der Waals surface area contributed by atoms with Crippen molar-refractivity contribution >= 4 is 11.6 Å². The predicted molar refractivity (Wildman–Crippen MR) is 154 cm³/mol. The van der Waals surface area contributed by atoms with E-state index in [1.54, 1.807) is 6.92 Å². The highest BCUT2D eigenvalue weighted by Gasteiger charge is 2.28. The normalized spacial score (nSPS) is 14.1. The summed E-state index contributed by atoms with van der Waals surface area (Å²) in [6.07, 6.45) is 1.86. The van der Waals surface area contributed by atoms with Gasteiger partial charge in [0.2, 0.25) is 5.91 Å². The van der Waals surface area contributed by atoms with Crippen molar-refractivity contribution < 1.29 is 14.3 Å². The first kappa shape index (κ1) is 26.9. The van der Waals surface area contributed by atoms with Crippen LogP contribution >= 0.6 is 0 Å².